The summed E-state index contributed by atoms with van der Waals surface area (Å²) in [5.74, 6) is 0. The molecule has 0 radical (unpaired) electrons. The van der Waals surface area contributed by atoms with Crippen molar-refractivity contribution in [3.63, 3.8) is 0 Å². The Morgan fingerprint density at radius 2 is 0.903 bits per heavy atom. The molecule has 0 aromatic heterocycles. The predicted octanol–water partition coefficient (Wildman–Crippen LogP) is 8.38. The first-order chi connectivity index (χ1) is 12.6. The number of alkyl halides is 6. The van der Waals surface area contributed by atoms with Gasteiger partial charge in [-0.05, 0) is 33.8 Å². The Morgan fingerprint density at radius 1 is 0.645 bits per heavy atom. The molecule has 0 heterocycles. The minimum atomic E-state index is -4.78. The average molecular weight is 466 g/mol. The molecule has 1 aromatic rings. The lowest BCUT2D eigenvalue weighted by Gasteiger charge is -2.27. The molecule has 31 heavy (non-hydrogen) atoms. The number of hydrogen-bond donors (Lipinski definition) is 0. The van der Waals surface area contributed by atoms with Crippen molar-refractivity contribution in [1.82, 2.24) is 0 Å². The maximum atomic E-state index is 12.6. The Kier molecular flexibility index (Phi) is 23.8. The third-order valence-electron chi connectivity index (χ3n) is 3.43. The van der Waals surface area contributed by atoms with E-state index in [-0.39, 0.29) is 35.2 Å². The summed E-state index contributed by atoms with van der Waals surface area (Å²) in [7, 11) is 0. The van der Waals surface area contributed by atoms with E-state index in [1.807, 2.05) is 27.7 Å². The monoisotopic (exact) mass is 466 g/mol. The quantitative estimate of drug-likeness (QED) is 0.321. The summed E-state index contributed by atoms with van der Waals surface area (Å²) in [5, 5.41) is 0. The highest BCUT2D eigenvalue weighted by Crippen LogP contribution is 2.35. The third-order valence-corrected chi connectivity index (χ3v) is 3.43. The summed E-state index contributed by atoms with van der Waals surface area (Å²) in [6, 6.07) is 1.72. The van der Waals surface area contributed by atoms with Crippen LogP contribution in [0.1, 0.15) is 62.5 Å². The fraction of sp³-hybridized carbons (Fsp3) is 0.727. The lowest BCUT2D eigenvalue weighted by atomic mass is 9.26. The zero-order chi connectivity index (χ0) is 22.6. The van der Waals surface area contributed by atoms with Crippen LogP contribution in [-0.2, 0) is 21.8 Å². The molecule has 1 aromatic carbocycles. The number of halogens is 6. The fourth-order valence-corrected chi connectivity index (χ4v) is 1.89. The summed E-state index contributed by atoms with van der Waals surface area (Å²) < 4.78 is 85.0. The molecule has 0 atom stereocenters. The molecule has 0 amide bonds. The van der Waals surface area contributed by atoms with Crippen LogP contribution < -0.4 is 5.46 Å². The number of rotatable bonds is 5. The highest BCUT2D eigenvalue weighted by molar-refractivity contribution is 6.88. The van der Waals surface area contributed by atoms with Gasteiger partial charge in [0.15, 0.2) is 0 Å². The largest absolute Gasteiger partial charge is 1.00 e. The fourth-order valence-electron chi connectivity index (χ4n) is 1.89. The molecule has 1 rings (SSSR count). The van der Waals surface area contributed by atoms with Crippen molar-refractivity contribution in [1.29, 1.82) is 0 Å². The highest BCUT2D eigenvalue weighted by atomic mass is 19.4. The van der Waals surface area contributed by atoms with Crippen molar-refractivity contribution in [2.24, 2.45) is 0 Å². The molecule has 0 bridgehead atoms. The average Bonchev–Trinajstić information content (AvgIpc) is 2.55. The van der Waals surface area contributed by atoms with Crippen LogP contribution in [0.4, 0.5) is 26.3 Å². The summed E-state index contributed by atoms with van der Waals surface area (Å²) >= 11 is 0. The van der Waals surface area contributed by atoms with E-state index in [1.54, 1.807) is 20.5 Å². The van der Waals surface area contributed by atoms with Gasteiger partial charge in [-0.1, -0.05) is 34.4 Å². The smallest absolute Gasteiger partial charge is 0.382 e. The van der Waals surface area contributed by atoms with Crippen LogP contribution in [0.15, 0.2) is 18.2 Å². The van der Waals surface area contributed by atoms with E-state index in [0.717, 1.165) is 38.6 Å². The highest BCUT2D eigenvalue weighted by Gasteiger charge is 2.36. The van der Waals surface area contributed by atoms with Crippen LogP contribution in [0.3, 0.4) is 0 Å². The molecule has 0 unspecified atom stereocenters. The summed E-state index contributed by atoms with van der Waals surface area (Å²) in [6.45, 7) is 16.2. The Labute approximate surface area is 188 Å². The van der Waals surface area contributed by atoms with E-state index in [1.165, 1.54) is 0 Å². The second-order valence-corrected chi connectivity index (χ2v) is 7.00. The van der Waals surface area contributed by atoms with Gasteiger partial charge in [0.05, 0.1) is 11.1 Å². The van der Waals surface area contributed by atoms with Crippen LogP contribution in [0.5, 0.6) is 0 Å². The topological polar surface area (TPSA) is 18.5 Å². The summed E-state index contributed by atoms with van der Waals surface area (Å²) in [4.78, 5) is 0. The molecule has 0 aliphatic heterocycles. The molecule has 190 valence electrons. The summed E-state index contributed by atoms with van der Waals surface area (Å²) in [5.41, 5.74) is -2.45. The molecule has 0 saturated heterocycles. The molecule has 0 saturated carbocycles. The molecule has 2 nitrogen and oxygen atoms in total. The minimum Gasteiger partial charge on any atom is -0.382 e. The first-order valence-corrected chi connectivity index (χ1v) is 9.37. The van der Waals surface area contributed by atoms with Gasteiger partial charge in [-0.3, -0.25) is 0 Å². The molecule has 0 aliphatic rings. The van der Waals surface area contributed by atoms with Gasteiger partial charge in [0.2, 0.25) is 0 Å². The Bertz CT molecular complexity index is 456. The van der Waals surface area contributed by atoms with Gasteiger partial charge < -0.3 is 9.47 Å². The van der Waals surface area contributed by atoms with Crippen LogP contribution in [-0.4, -0.2) is 32.6 Å². The van der Waals surface area contributed by atoms with Crippen LogP contribution in [0, 0.1) is 0 Å². The molecule has 0 spiro atoms. The molecule has 9 heteroatoms. The summed E-state index contributed by atoms with van der Waals surface area (Å²) in [6.07, 6.45) is -11.0. The van der Waals surface area contributed by atoms with Gasteiger partial charge >= 0.3 is 13.8 Å². The Balaban J connectivity index is -0.000000103. The van der Waals surface area contributed by atoms with Gasteiger partial charge in [-0.2, -0.15) is 46.8 Å². The van der Waals surface area contributed by atoms with Gasteiger partial charge in [-0.15, -0.1) is 0 Å². The third kappa shape index (κ3) is 19.2. The van der Waals surface area contributed by atoms with E-state index >= 15 is 0 Å². The second kappa shape index (κ2) is 18.4. The van der Waals surface area contributed by atoms with Crippen molar-refractivity contribution >= 4 is 11.6 Å². The molecular formula is C22H45BF6O2. The van der Waals surface area contributed by atoms with E-state index < -0.39 is 29.6 Å². The lowest BCUT2D eigenvalue weighted by molar-refractivity contribution is -0.142. The Hall–Kier alpha value is -1.22. The lowest BCUT2D eigenvalue weighted by Crippen LogP contribution is -2.39. The van der Waals surface area contributed by atoms with Crippen molar-refractivity contribution in [2.45, 2.75) is 82.8 Å². The zero-order valence-corrected chi connectivity index (χ0v) is 17.7. The zero-order valence-electron chi connectivity index (χ0n) is 18.7. The second-order valence-electron chi connectivity index (χ2n) is 7.00. The molecule has 0 N–H and O–H groups in total. The minimum absolute atomic E-state index is 0. The van der Waals surface area contributed by atoms with Crippen molar-refractivity contribution in [2.75, 3.05) is 26.4 Å². The number of ether oxygens (including phenoxy) is 2. The maximum Gasteiger partial charge on any atom is 1.00 e. The van der Waals surface area contributed by atoms with E-state index in [2.05, 4.69) is 0 Å². The van der Waals surface area contributed by atoms with Gasteiger partial charge in [0.1, 0.15) is 0 Å². The van der Waals surface area contributed by atoms with Crippen LogP contribution in [0.25, 0.3) is 0 Å². The molecule has 0 aliphatic carbocycles. The predicted molar refractivity (Wildman–Crippen MR) is 125 cm³/mol. The number of hydrogen-bond acceptors (Lipinski definition) is 2. The SMILES string of the molecule is C.C.C.CCOCC.CCOCC.C[B-](C)(C)c1cc(C(F)(F)F)cc(C(F)(F)F)c1.[H+]. The van der Waals surface area contributed by atoms with Gasteiger partial charge in [0, 0.05) is 32.6 Å². The maximum absolute atomic E-state index is 12.6. The standard InChI is InChI=1S/C11H12BF6.2C4H10O.3CH4/c1-12(2,3)9-5-7(10(13,14)15)4-8(6-9)11(16,17)18;2*1-3-5-4-2;;;/h4-6H,1-3H3;2*3-4H2,1-2H3;3*1H4/q-1;;;;;/p+1. The first kappa shape index (κ1) is 40.2. The van der Waals surface area contributed by atoms with Crippen molar-refractivity contribution in [3.8, 4) is 0 Å². The van der Waals surface area contributed by atoms with E-state index in [9.17, 15) is 26.3 Å². The van der Waals surface area contributed by atoms with E-state index in [4.69, 9.17) is 9.47 Å². The van der Waals surface area contributed by atoms with Gasteiger partial charge in [0.25, 0.3) is 0 Å². The van der Waals surface area contributed by atoms with E-state index in [0.29, 0.717) is 0 Å². The molecule has 0 fully saturated rings. The van der Waals surface area contributed by atoms with Gasteiger partial charge in [-0.25, -0.2) is 5.46 Å². The number of benzene rings is 1. The first-order valence-electron chi connectivity index (χ1n) is 9.37. The van der Waals surface area contributed by atoms with Crippen molar-refractivity contribution < 1.29 is 37.2 Å². The van der Waals surface area contributed by atoms with Crippen LogP contribution >= 0.6 is 0 Å². The Morgan fingerprint density at radius 3 is 1.03 bits per heavy atom. The molecular weight excluding hydrogens is 421 g/mol. The van der Waals surface area contributed by atoms with Crippen molar-refractivity contribution in [3.05, 3.63) is 29.3 Å². The normalized spacial score (nSPS) is 10.7. The van der Waals surface area contributed by atoms with Crippen LogP contribution in [0.2, 0.25) is 20.5 Å².